The van der Waals surface area contributed by atoms with E-state index in [1.165, 1.54) is 30.7 Å². The maximum atomic E-state index is 13.1. The zero-order valence-corrected chi connectivity index (χ0v) is 17.6. The first-order valence-electron chi connectivity index (χ1n) is 10.5. The lowest BCUT2D eigenvalue weighted by Gasteiger charge is -2.32. The zero-order valence-electron chi connectivity index (χ0n) is 17.6. The van der Waals surface area contributed by atoms with Crippen molar-refractivity contribution < 1.29 is 18.0 Å². The Balaban J connectivity index is 1.53. The second-order valence-electron chi connectivity index (χ2n) is 8.10. The van der Waals surface area contributed by atoms with Gasteiger partial charge in [-0.1, -0.05) is 18.2 Å². The predicted molar refractivity (Wildman–Crippen MR) is 113 cm³/mol. The van der Waals surface area contributed by atoms with Crippen molar-refractivity contribution in [3.05, 3.63) is 88.8 Å². The minimum Gasteiger partial charge on any atom is -0.337 e. The molecule has 4 rings (SSSR count). The Labute approximate surface area is 184 Å². The number of likely N-dealkylation sites (tertiary alicyclic amines) is 1. The number of rotatable bonds is 4. The standard InChI is InChI=1S/C24H23F3N4O/c1-16-10-18(11-17-4-2-6-20(12-17)24(25,26)27)13-21(30-16)19-5-3-9-31(15-19)23(32)22-14-28-7-8-29-22/h2,4,6-8,10,12-14,19H,3,5,9,11,15H2,1H3/t19-/m0/s1. The van der Waals surface area contributed by atoms with E-state index in [1.54, 1.807) is 11.0 Å². The number of hydrogen-bond acceptors (Lipinski definition) is 4. The molecule has 5 nitrogen and oxygen atoms in total. The van der Waals surface area contributed by atoms with Crippen LogP contribution in [-0.4, -0.2) is 38.8 Å². The number of halogens is 3. The van der Waals surface area contributed by atoms with Crippen LogP contribution in [0.25, 0.3) is 0 Å². The minimum absolute atomic E-state index is 0.0598. The fourth-order valence-corrected chi connectivity index (χ4v) is 4.15. The molecule has 166 valence electrons. The summed E-state index contributed by atoms with van der Waals surface area (Å²) < 4.78 is 39.2. The number of pyridine rings is 1. The van der Waals surface area contributed by atoms with Gasteiger partial charge in [0.05, 0.1) is 11.8 Å². The van der Waals surface area contributed by atoms with Gasteiger partial charge in [-0.25, -0.2) is 4.98 Å². The first-order valence-corrected chi connectivity index (χ1v) is 10.5. The van der Waals surface area contributed by atoms with Crippen LogP contribution in [0, 0.1) is 6.92 Å². The summed E-state index contributed by atoms with van der Waals surface area (Å²) >= 11 is 0. The number of alkyl halides is 3. The van der Waals surface area contributed by atoms with Gasteiger partial charge in [0.15, 0.2) is 0 Å². The zero-order chi connectivity index (χ0) is 22.7. The number of nitrogens with zero attached hydrogens (tertiary/aromatic N) is 4. The summed E-state index contributed by atoms with van der Waals surface area (Å²) in [5.74, 6) is -0.0934. The average Bonchev–Trinajstić information content (AvgIpc) is 2.78. The van der Waals surface area contributed by atoms with Crippen molar-refractivity contribution in [2.45, 2.75) is 38.3 Å². The molecule has 1 atom stereocenters. The van der Waals surface area contributed by atoms with Crippen LogP contribution < -0.4 is 0 Å². The van der Waals surface area contributed by atoms with Crippen molar-refractivity contribution in [2.24, 2.45) is 0 Å². The molecule has 0 N–H and O–H groups in total. The van der Waals surface area contributed by atoms with E-state index in [0.717, 1.165) is 35.9 Å². The number of aryl methyl sites for hydroxylation is 1. The quantitative estimate of drug-likeness (QED) is 0.584. The Bertz CT molecular complexity index is 1100. The fraction of sp³-hybridized carbons (Fsp3) is 0.333. The second kappa shape index (κ2) is 9.06. The molecule has 1 amide bonds. The summed E-state index contributed by atoms with van der Waals surface area (Å²) in [5.41, 5.74) is 2.84. The van der Waals surface area contributed by atoms with Gasteiger partial charge >= 0.3 is 6.18 Å². The molecular weight excluding hydrogens is 417 g/mol. The van der Waals surface area contributed by atoms with Gasteiger partial charge in [-0.3, -0.25) is 14.8 Å². The van der Waals surface area contributed by atoms with Gasteiger partial charge in [0.25, 0.3) is 5.91 Å². The molecule has 1 saturated heterocycles. The SMILES string of the molecule is Cc1cc(Cc2cccc(C(F)(F)F)c2)cc([C@H]2CCCN(C(=O)c3cnccn3)C2)n1. The summed E-state index contributed by atoms with van der Waals surface area (Å²) in [5, 5.41) is 0. The summed E-state index contributed by atoms with van der Waals surface area (Å²) in [6, 6.07) is 9.26. The highest BCUT2D eigenvalue weighted by Crippen LogP contribution is 2.31. The largest absolute Gasteiger partial charge is 0.416 e. The molecule has 1 aromatic carbocycles. The molecule has 1 aliphatic heterocycles. The maximum absolute atomic E-state index is 13.1. The van der Waals surface area contributed by atoms with E-state index in [-0.39, 0.29) is 11.8 Å². The van der Waals surface area contributed by atoms with Crippen LogP contribution in [0.4, 0.5) is 13.2 Å². The smallest absolute Gasteiger partial charge is 0.337 e. The molecule has 8 heteroatoms. The van der Waals surface area contributed by atoms with Gasteiger partial charge < -0.3 is 4.90 Å². The van der Waals surface area contributed by atoms with Crippen molar-refractivity contribution in [2.75, 3.05) is 13.1 Å². The highest BCUT2D eigenvalue weighted by Gasteiger charge is 2.30. The molecule has 1 fully saturated rings. The number of piperidine rings is 1. The molecule has 0 saturated carbocycles. The molecule has 3 aromatic rings. The normalized spacial score (nSPS) is 16.8. The molecule has 0 unspecified atom stereocenters. The predicted octanol–water partition coefficient (Wildman–Crippen LogP) is 4.81. The van der Waals surface area contributed by atoms with Gasteiger partial charge in [-0.15, -0.1) is 0 Å². The van der Waals surface area contributed by atoms with Crippen molar-refractivity contribution in [3.8, 4) is 0 Å². The summed E-state index contributed by atoms with van der Waals surface area (Å²) in [4.78, 5) is 27.3. The maximum Gasteiger partial charge on any atom is 0.416 e. The first kappa shape index (κ1) is 21.9. The van der Waals surface area contributed by atoms with Crippen molar-refractivity contribution in [3.63, 3.8) is 0 Å². The second-order valence-corrected chi connectivity index (χ2v) is 8.10. The lowest BCUT2D eigenvalue weighted by atomic mass is 9.92. The highest BCUT2D eigenvalue weighted by molar-refractivity contribution is 5.92. The number of hydrogen-bond donors (Lipinski definition) is 0. The van der Waals surface area contributed by atoms with Crippen LogP contribution in [0.3, 0.4) is 0 Å². The Hall–Kier alpha value is -3.29. The van der Waals surface area contributed by atoms with E-state index in [4.69, 9.17) is 0 Å². The van der Waals surface area contributed by atoms with Gasteiger partial charge in [0.2, 0.25) is 0 Å². The van der Waals surface area contributed by atoms with E-state index in [9.17, 15) is 18.0 Å². The van der Waals surface area contributed by atoms with E-state index in [2.05, 4.69) is 15.0 Å². The topological polar surface area (TPSA) is 59.0 Å². The molecule has 0 radical (unpaired) electrons. The van der Waals surface area contributed by atoms with Crippen LogP contribution in [0.2, 0.25) is 0 Å². The van der Waals surface area contributed by atoms with E-state index in [1.807, 2.05) is 19.1 Å². The molecule has 2 aromatic heterocycles. The number of carbonyl (C=O) groups excluding carboxylic acids is 1. The van der Waals surface area contributed by atoms with Gasteiger partial charge in [0, 0.05) is 42.8 Å². The van der Waals surface area contributed by atoms with Crippen molar-refractivity contribution in [1.82, 2.24) is 19.9 Å². The van der Waals surface area contributed by atoms with Crippen LogP contribution in [0.15, 0.2) is 55.0 Å². The summed E-state index contributed by atoms with van der Waals surface area (Å²) in [7, 11) is 0. The molecule has 0 spiro atoms. The lowest BCUT2D eigenvalue weighted by Crippen LogP contribution is -2.39. The highest BCUT2D eigenvalue weighted by atomic mass is 19.4. The van der Waals surface area contributed by atoms with E-state index >= 15 is 0 Å². The summed E-state index contributed by atoms with van der Waals surface area (Å²) in [6.07, 6.45) is 2.24. The monoisotopic (exact) mass is 440 g/mol. The Morgan fingerprint density at radius 1 is 1.16 bits per heavy atom. The lowest BCUT2D eigenvalue weighted by molar-refractivity contribution is -0.137. The first-order chi connectivity index (χ1) is 15.3. The van der Waals surface area contributed by atoms with Crippen molar-refractivity contribution in [1.29, 1.82) is 0 Å². The van der Waals surface area contributed by atoms with Crippen LogP contribution in [0.1, 0.15) is 57.3 Å². The molecule has 3 heterocycles. The molecule has 1 aliphatic rings. The number of aromatic nitrogens is 3. The molecule has 32 heavy (non-hydrogen) atoms. The van der Waals surface area contributed by atoms with Gasteiger partial charge in [-0.2, -0.15) is 13.2 Å². The molecule has 0 bridgehead atoms. The Morgan fingerprint density at radius 3 is 2.75 bits per heavy atom. The fourth-order valence-electron chi connectivity index (χ4n) is 4.15. The number of benzene rings is 1. The molecule has 0 aliphatic carbocycles. The molecular formula is C24H23F3N4O. The van der Waals surface area contributed by atoms with Gasteiger partial charge in [0.1, 0.15) is 5.69 Å². The van der Waals surface area contributed by atoms with Crippen LogP contribution >= 0.6 is 0 Å². The Morgan fingerprint density at radius 2 is 2.00 bits per heavy atom. The van der Waals surface area contributed by atoms with Crippen molar-refractivity contribution >= 4 is 5.91 Å². The van der Waals surface area contributed by atoms with E-state index < -0.39 is 11.7 Å². The minimum atomic E-state index is -4.36. The third-order valence-corrected chi connectivity index (χ3v) is 5.60. The summed E-state index contributed by atoms with van der Waals surface area (Å²) in [6.45, 7) is 3.05. The van der Waals surface area contributed by atoms with Crippen LogP contribution in [0.5, 0.6) is 0 Å². The third kappa shape index (κ3) is 5.12. The van der Waals surface area contributed by atoms with Crippen LogP contribution in [-0.2, 0) is 12.6 Å². The average molecular weight is 440 g/mol. The third-order valence-electron chi connectivity index (χ3n) is 5.60. The number of amides is 1. The van der Waals surface area contributed by atoms with Gasteiger partial charge in [-0.05, 0) is 55.5 Å². The van der Waals surface area contributed by atoms with E-state index in [0.29, 0.717) is 30.8 Å². The Kier molecular flexibility index (Phi) is 6.21. The number of carbonyl (C=O) groups is 1.